The molecule has 0 fully saturated rings. The van der Waals surface area contributed by atoms with Crippen molar-refractivity contribution in [3.63, 3.8) is 0 Å². The van der Waals surface area contributed by atoms with E-state index in [0.717, 1.165) is 10.5 Å². The van der Waals surface area contributed by atoms with E-state index < -0.39 is 0 Å². The minimum atomic E-state index is -0.202. The van der Waals surface area contributed by atoms with E-state index in [1.807, 2.05) is 36.6 Å². The number of thioether (sulfide) groups is 2. The van der Waals surface area contributed by atoms with E-state index in [4.69, 9.17) is 23.4 Å². The Morgan fingerprint density at radius 1 is 1.06 bits per heavy atom. The van der Waals surface area contributed by atoms with Gasteiger partial charge in [0.1, 0.15) is 5.76 Å². The Hall–Kier alpha value is -3.70. The van der Waals surface area contributed by atoms with E-state index >= 15 is 0 Å². The van der Waals surface area contributed by atoms with Crippen LogP contribution in [0, 0.1) is 0 Å². The topological polar surface area (TPSA) is 105 Å². The van der Waals surface area contributed by atoms with Crippen molar-refractivity contribution in [2.75, 3.05) is 13.0 Å². The molecule has 11 heteroatoms. The number of ether oxygens (including phenoxy) is 2. The molecule has 35 heavy (non-hydrogen) atoms. The lowest BCUT2D eigenvalue weighted by atomic mass is 10.2. The SMILES string of the molecule is CSc1ccc(-c2noc(CSc3nc4cc5c(cc4c(=O)n3Cc3ccco3)OCO5)n2)cc1. The average molecular weight is 507 g/mol. The minimum Gasteiger partial charge on any atom is -0.467 e. The zero-order valence-corrected chi connectivity index (χ0v) is 20.1. The summed E-state index contributed by atoms with van der Waals surface area (Å²) in [5.74, 6) is 3.04. The lowest BCUT2D eigenvalue weighted by Crippen LogP contribution is -2.23. The summed E-state index contributed by atoms with van der Waals surface area (Å²) in [6.45, 7) is 0.357. The van der Waals surface area contributed by atoms with Crippen LogP contribution in [-0.4, -0.2) is 32.7 Å². The first-order valence-electron chi connectivity index (χ1n) is 10.6. The van der Waals surface area contributed by atoms with Crippen LogP contribution in [0.4, 0.5) is 0 Å². The van der Waals surface area contributed by atoms with Gasteiger partial charge in [0.2, 0.25) is 18.5 Å². The summed E-state index contributed by atoms with van der Waals surface area (Å²) in [6, 6.07) is 15.0. The zero-order chi connectivity index (χ0) is 23.8. The van der Waals surface area contributed by atoms with Crippen molar-refractivity contribution < 1.29 is 18.4 Å². The second kappa shape index (κ2) is 9.16. The van der Waals surface area contributed by atoms with Crippen LogP contribution in [0.2, 0.25) is 0 Å². The third-order valence-electron chi connectivity index (χ3n) is 5.45. The molecule has 1 aliphatic heterocycles. The maximum Gasteiger partial charge on any atom is 0.262 e. The number of furan rings is 1. The standard InChI is InChI=1S/C24H18N4O5S2/c1-34-16-6-4-14(5-7-16)22-26-21(33-27-22)12-35-24-25-18-10-20-19(31-13-32-20)9-17(18)23(29)28(24)11-15-3-2-8-30-15/h2-10H,11-13H2,1H3. The molecular weight excluding hydrogens is 488 g/mol. The number of hydrogen-bond donors (Lipinski definition) is 0. The minimum absolute atomic E-state index is 0.118. The van der Waals surface area contributed by atoms with Gasteiger partial charge in [-0.1, -0.05) is 16.9 Å². The number of hydrogen-bond acceptors (Lipinski definition) is 10. The molecule has 0 spiro atoms. The number of benzene rings is 2. The molecule has 2 aromatic carbocycles. The van der Waals surface area contributed by atoms with Crippen LogP contribution in [0.15, 0.2) is 78.6 Å². The maximum absolute atomic E-state index is 13.4. The fraction of sp³-hybridized carbons (Fsp3) is 0.167. The van der Waals surface area contributed by atoms with Gasteiger partial charge in [-0.15, -0.1) is 11.8 Å². The van der Waals surface area contributed by atoms with E-state index in [1.54, 1.807) is 40.8 Å². The second-order valence-corrected chi connectivity index (χ2v) is 9.44. The van der Waals surface area contributed by atoms with Crippen LogP contribution < -0.4 is 15.0 Å². The number of aromatic nitrogens is 4. The van der Waals surface area contributed by atoms with E-state index in [9.17, 15) is 4.79 Å². The molecule has 5 aromatic rings. The molecule has 1 aliphatic rings. The summed E-state index contributed by atoms with van der Waals surface area (Å²) in [7, 11) is 0. The third-order valence-corrected chi connectivity index (χ3v) is 7.15. The number of rotatable bonds is 7. The highest BCUT2D eigenvalue weighted by molar-refractivity contribution is 7.98. The molecule has 3 aromatic heterocycles. The van der Waals surface area contributed by atoms with Crippen LogP contribution in [0.25, 0.3) is 22.3 Å². The summed E-state index contributed by atoms with van der Waals surface area (Å²) in [5, 5.41) is 5.05. The van der Waals surface area contributed by atoms with Crippen molar-refractivity contribution in [3.8, 4) is 22.9 Å². The molecule has 6 rings (SSSR count). The summed E-state index contributed by atoms with van der Waals surface area (Å²) < 4.78 is 23.4. The Balaban J connectivity index is 1.32. The van der Waals surface area contributed by atoms with Crippen molar-refractivity contribution in [3.05, 3.63) is 76.8 Å². The van der Waals surface area contributed by atoms with Gasteiger partial charge >= 0.3 is 0 Å². The molecule has 0 aliphatic carbocycles. The normalized spacial score (nSPS) is 12.5. The lowest BCUT2D eigenvalue weighted by Gasteiger charge is -2.12. The maximum atomic E-state index is 13.4. The first-order valence-corrected chi connectivity index (χ1v) is 12.9. The first-order chi connectivity index (χ1) is 17.2. The van der Waals surface area contributed by atoms with Crippen molar-refractivity contribution in [2.45, 2.75) is 22.3 Å². The molecule has 0 unspecified atom stereocenters. The Labute approximate surface area is 207 Å². The molecule has 4 heterocycles. The summed E-state index contributed by atoms with van der Waals surface area (Å²) in [6.07, 6.45) is 3.60. The number of fused-ring (bicyclic) bond motifs is 2. The van der Waals surface area contributed by atoms with Gasteiger partial charge in [-0.25, -0.2) is 4.98 Å². The molecule has 9 nitrogen and oxygen atoms in total. The van der Waals surface area contributed by atoms with Gasteiger partial charge < -0.3 is 18.4 Å². The number of nitrogens with zero attached hydrogens (tertiary/aromatic N) is 4. The van der Waals surface area contributed by atoms with Crippen LogP contribution in [-0.2, 0) is 12.3 Å². The highest BCUT2D eigenvalue weighted by Crippen LogP contribution is 2.35. The van der Waals surface area contributed by atoms with Gasteiger partial charge in [-0.3, -0.25) is 9.36 Å². The predicted octanol–water partition coefficient (Wildman–Crippen LogP) is 4.83. The first kappa shape index (κ1) is 21.8. The molecular formula is C24H18N4O5S2. The molecule has 0 saturated heterocycles. The van der Waals surface area contributed by atoms with Gasteiger partial charge in [0, 0.05) is 16.5 Å². The molecule has 0 saturated carbocycles. The fourth-order valence-corrected chi connectivity index (χ4v) is 4.94. The van der Waals surface area contributed by atoms with Crippen LogP contribution in [0.3, 0.4) is 0 Å². The third kappa shape index (κ3) is 4.28. The van der Waals surface area contributed by atoms with E-state index in [-0.39, 0.29) is 18.9 Å². The smallest absolute Gasteiger partial charge is 0.262 e. The Morgan fingerprint density at radius 2 is 1.89 bits per heavy atom. The van der Waals surface area contributed by atoms with Gasteiger partial charge in [-0.2, -0.15) is 4.98 Å². The van der Waals surface area contributed by atoms with Crippen molar-refractivity contribution >= 4 is 34.4 Å². The summed E-state index contributed by atoms with van der Waals surface area (Å²) in [5.41, 5.74) is 1.20. The molecule has 0 amide bonds. The van der Waals surface area contributed by atoms with Gasteiger partial charge in [-0.05, 0) is 48.7 Å². The monoisotopic (exact) mass is 506 g/mol. The average Bonchev–Trinajstić information content (AvgIpc) is 3.66. The predicted molar refractivity (Wildman–Crippen MR) is 131 cm³/mol. The Morgan fingerprint density at radius 3 is 2.66 bits per heavy atom. The van der Waals surface area contributed by atoms with E-state index in [2.05, 4.69) is 10.1 Å². The molecule has 176 valence electrons. The quantitative estimate of drug-likeness (QED) is 0.225. The highest BCUT2D eigenvalue weighted by atomic mass is 32.2. The van der Waals surface area contributed by atoms with Crippen LogP contribution in [0.1, 0.15) is 11.7 Å². The van der Waals surface area contributed by atoms with Gasteiger partial charge in [0.15, 0.2) is 16.7 Å². The summed E-state index contributed by atoms with van der Waals surface area (Å²) in [4.78, 5) is 23.9. The Kier molecular flexibility index (Phi) is 5.71. The highest BCUT2D eigenvalue weighted by Gasteiger charge is 2.20. The zero-order valence-electron chi connectivity index (χ0n) is 18.5. The van der Waals surface area contributed by atoms with E-state index in [1.165, 1.54) is 11.8 Å². The molecule has 0 N–H and O–H groups in total. The molecule has 0 radical (unpaired) electrons. The van der Waals surface area contributed by atoms with Crippen LogP contribution >= 0.6 is 23.5 Å². The molecule has 0 bridgehead atoms. The Bertz CT molecular complexity index is 1560. The van der Waals surface area contributed by atoms with Crippen molar-refractivity contribution in [2.24, 2.45) is 0 Å². The summed E-state index contributed by atoms with van der Waals surface area (Å²) >= 11 is 3.01. The van der Waals surface area contributed by atoms with Gasteiger partial charge in [0.05, 0.1) is 29.5 Å². The van der Waals surface area contributed by atoms with E-state index in [0.29, 0.717) is 50.8 Å². The van der Waals surface area contributed by atoms with Gasteiger partial charge in [0.25, 0.3) is 5.56 Å². The van der Waals surface area contributed by atoms with Crippen molar-refractivity contribution in [1.82, 2.24) is 19.7 Å². The fourth-order valence-electron chi connectivity index (χ4n) is 3.70. The lowest BCUT2D eigenvalue weighted by molar-refractivity contribution is 0.174. The second-order valence-electron chi connectivity index (χ2n) is 7.62. The van der Waals surface area contributed by atoms with Crippen LogP contribution in [0.5, 0.6) is 11.5 Å². The molecule has 0 atom stereocenters. The largest absolute Gasteiger partial charge is 0.467 e. The van der Waals surface area contributed by atoms with Crippen molar-refractivity contribution in [1.29, 1.82) is 0 Å².